The molecule has 0 aliphatic heterocycles. The average Bonchev–Trinajstić information content (AvgIpc) is 2.93. The molecule has 0 bridgehead atoms. The second-order valence-electron chi connectivity index (χ2n) is 5.25. The zero-order valence-electron chi connectivity index (χ0n) is 13.0. The van der Waals surface area contributed by atoms with Gasteiger partial charge in [0.2, 0.25) is 5.95 Å². The van der Waals surface area contributed by atoms with Gasteiger partial charge in [0, 0.05) is 13.1 Å². The Morgan fingerprint density at radius 2 is 2.00 bits per heavy atom. The van der Waals surface area contributed by atoms with Gasteiger partial charge in [-0.15, -0.1) is 0 Å². The number of aromatic nitrogens is 3. The average molecular weight is 309 g/mol. The number of anilines is 1. The van der Waals surface area contributed by atoms with Crippen molar-refractivity contribution in [3.8, 4) is 0 Å². The summed E-state index contributed by atoms with van der Waals surface area (Å²) in [6.07, 6.45) is 0.949. The molecule has 6 nitrogen and oxygen atoms in total. The molecule has 1 aromatic carbocycles. The molecule has 3 rings (SSSR count). The highest BCUT2D eigenvalue weighted by molar-refractivity contribution is 6.02. The number of hydrogen-bond acceptors (Lipinski definition) is 4. The van der Waals surface area contributed by atoms with Crippen molar-refractivity contribution in [1.29, 1.82) is 0 Å². The van der Waals surface area contributed by atoms with Crippen LogP contribution in [-0.2, 0) is 13.1 Å². The summed E-state index contributed by atoms with van der Waals surface area (Å²) < 4.78 is 2.01. The molecule has 6 heteroatoms. The van der Waals surface area contributed by atoms with E-state index < -0.39 is 0 Å². The minimum absolute atomic E-state index is 0.284. The Bertz CT molecular complexity index is 840. The van der Waals surface area contributed by atoms with Gasteiger partial charge in [0.25, 0.3) is 5.91 Å². The lowest BCUT2D eigenvalue weighted by Gasteiger charge is -2.09. The summed E-state index contributed by atoms with van der Waals surface area (Å²) in [6, 6.07) is 13.1. The highest BCUT2D eigenvalue weighted by Crippen LogP contribution is 2.20. The molecule has 0 saturated carbocycles. The number of pyridine rings is 1. The van der Waals surface area contributed by atoms with E-state index in [1.165, 1.54) is 0 Å². The van der Waals surface area contributed by atoms with Crippen LogP contribution in [0.15, 0.2) is 42.5 Å². The summed E-state index contributed by atoms with van der Waals surface area (Å²) in [7, 11) is 0. The van der Waals surface area contributed by atoms with E-state index in [2.05, 4.69) is 22.2 Å². The number of carbonyl (C=O) groups is 1. The van der Waals surface area contributed by atoms with Gasteiger partial charge < -0.3 is 10.3 Å². The lowest BCUT2D eigenvalue weighted by atomic mass is 10.3. The van der Waals surface area contributed by atoms with Crippen molar-refractivity contribution in [2.45, 2.75) is 26.4 Å². The smallest absolute Gasteiger partial charge is 0.276 e. The number of carbonyl (C=O) groups excluding carboxylic acids is 1. The zero-order chi connectivity index (χ0) is 16.2. The van der Waals surface area contributed by atoms with E-state index in [0.29, 0.717) is 23.9 Å². The van der Waals surface area contributed by atoms with E-state index >= 15 is 0 Å². The number of nitrogens with one attached hydrogen (secondary N) is 1. The largest absolute Gasteiger partial charge is 0.325 e. The van der Waals surface area contributed by atoms with Crippen molar-refractivity contribution in [3.05, 3.63) is 53.9 Å². The lowest BCUT2D eigenvalue weighted by Crippen LogP contribution is -2.18. The van der Waals surface area contributed by atoms with E-state index in [1.54, 1.807) is 18.2 Å². The number of fused-ring (bicyclic) bond motifs is 1. The summed E-state index contributed by atoms with van der Waals surface area (Å²) in [4.78, 5) is 21.2. The predicted molar refractivity (Wildman–Crippen MR) is 90.1 cm³/mol. The van der Waals surface area contributed by atoms with Gasteiger partial charge in [0.1, 0.15) is 5.69 Å². The van der Waals surface area contributed by atoms with E-state index in [-0.39, 0.29) is 5.91 Å². The first kappa shape index (κ1) is 15.2. The molecule has 0 fully saturated rings. The van der Waals surface area contributed by atoms with Crippen LogP contribution in [0.2, 0.25) is 0 Å². The van der Waals surface area contributed by atoms with Crippen LogP contribution in [0.5, 0.6) is 0 Å². The fourth-order valence-electron chi connectivity index (χ4n) is 2.51. The van der Waals surface area contributed by atoms with E-state index in [4.69, 9.17) is 5.73 Å². The van der Waals surface area contributed by atoms with Crippen LogP contribution in [0.25, 0.3) is 11.0 Å². The third-order valence-corrected chi connectivity index (χ3v) is 3.58. The predicted octanol–water partition coefficient (Wildman–Crippen LogP) is 2.55. The number of amides is 1. The molecule has 3 N–H and O–H groups in total. The molecular formula is C17H19N5O. The number of hydrogen-bond donors (Lipinski definition) is 2. The third-order valence-electron chi connectivity index (χ3n) is 3.58. The molecule has 0 aliphatic rings. The van der Waals surface area contributed by atoms with Crippen LogP contribution in [0, 0.1) is 0 Å². The minimum Gasteiger partial charge on any atom is -0.325 e. The van der Waals surface area contributed by atoms with Crippen LogP contribution in [-0.4, -0.2) is 20.4 Å². The summed E-state index contributed by atoms with van der Waals surface area (Å²) in [5, 5.41) is 2.86. The van der Waals surface area contributed by atoms with Gasteiger partial charge in [-0.2, -0.15) is 0 Å². The fraction of sp³-hybridized carbons (Fsp3) is 0.235. The van der Waals surface area contributed by atoms with Crippen LogP contribution in [0.4, 0.5) is 5.95 Å². The maximum Gasteiger partial charge on any atom is 0.276 e. The Hall–Kier alpha value is -2.73. The molecule has 2 heterocycles. The minimum atomic E-state index is -0.284. The van der Waals surface area contributed by atoms with Gasteiger partial charge in [0.05, 0.1) is 16.7 Å². The third kappa shape index (κ3) is 3.07. The molecule has 1 amide bonds. The standard InChI is InChI=1S/C17H19N5O/c1-2-10-22-15-9-4-3-7-13(15)20-17(22)21-16(23)14-8-5-6-12(11-18)19-14/h3-9H,2,10-11,18H2,1H3,(H,20,21,23). The van der Waals surface area contributed by atoms with Gasteiger partial charge in [-0.25, -0.2) is 9.97 Å². The Kier molecular flexibility index (Phi) is 4.34. The Morgan fingerprint density at radius 3 is 2.78 bits per heavy atom. The molecule has 23 heavy (non-hydrogen) atoms. The quantitative estimate of drug-likeness (QED) is 0.758. The highest BCUT2D eigenvalue weighted by Gasteiger charge is 2.14. The molecule has 0 saturated heterocycles. The number of rotatable bonds is 5. The van der Waals surface area contributed by atoms with Crippen molar-refractivity contribution in [2.24, 2.45) is 5.73 Å². The van der Waals surface area contributed by atoms with Crippen molar-refractivity contribution >= 4 is 22.9 Å². The van der Waals surface area contributed by atoms with Crippen LogP contribution >= 0.6 is 0 Å². The Morgan fingerprint density at radius 1 is 1.17 bits per heavy atom. The van der Waals surface area contributed by atoms with Crippen molar-refractivity contribution in [3.63, 3.8) is 0 Å². The Labute approximate surface area is 134 Å². The molecule has 0 radical (unpaired) electrons. The van der Waals surface area contributed by atoms with Crippen LogP contribution in [0.1, 0.15) is 29.5 Å². The number of aryl methyl sites for hydroxylation is 1. The molecule has 0 aliphatic carbocycles. The number of nitrogens with zero attached hydrogens (tertiary/aromatic N) is 3. The Balaban J connectivity index is 1.93. The highest BCUT2D eigenvalue weighted by atomic mass is 16.2. The van der Waals surface area contributed by atoms with Gasteiger partial charge in [-0.1, -0.05) is 25.1 Å². The number of nitrogens with two attached hydrogens (primary N) is 1. The SMILES string of the molecule is CCCn1c(NC(=O)c2cccc(CN)n2)nc2ccccc21. The molecular weight excluding hydrogens is 290 g/mol. The fourth-order valence-corrected chi connectivity index (χ4v) is 2.51. The molecule has 118 valence electrons. The first-order valence-electron chi connectivity index (χ1n) is 7.65. The molecule has 2 aromatic heterocycles. The molecule has 3 aromatic rings. The first-order chi connectivity index (χ1) is 11.2. The van der Waals surface area contributed by atoms with E-state index in [9.17, 15) is 4.79 Å². The van der Waals surface area contributed by atoms with Gasteiger partial charge in [-0.3, -0.25) is 10.1 Å². The molecule has 0 unspecified atom stereocenters. The van der Waals surface area contributed by atoms with Crippen molar-refractivity contribution in [2.75, 3.05) is 5.32 Å². The second kappa shape index (κ2) is 6.58. The molecule has 0 spiro atoms. The second-order valence-corrected chi connectivity index (χ2v) is 5.25. The van der Waals surface area contributed by atoms with Crippen molar-refractivity contribution < 1.29 is 4.79 Å². The summed E-state index contributed by atoms with van der Waals surface area (Å²) in [5.74, 6) is 0.256. The first-order valence-corrected chi connectivity index (χ1v) is 7.65. The summed E-state index contributed by atoms with van der Waals surface area (Å²) >= 11 is 0. The molecule has 0 atom stereocenters. The normalized spacial score (nSPS) is 10.9. The summed E-state index contributed by atoms with van der Waals surface area (Å²) in [5.41, 5.74) is 8.46. The topological polar surface area (TPSA) is 85.8 Å². The summed E-state index contributed by atoms with van der Waals surface area (Å²) in [6.45, 7) is 3.18. The number of para-hydroxylation sites is 2. The van der Waals surface area contributed by atoms with Gasteiger partial charge in [-0.05, 0) is 30.7 Å². The van der Waals surface area contributed by atoms with Gasteiger partial charge >= 0.3 is 0 Å². The zero-order valence-corrected chi connectivity index (χ0v) is 13.0. The van der Waals surface area contributed by atoms with Crippen LogP contribution < -0.4 is 11.1 Å². The monoisotopic (exact) mass is 309 g/mol. The van der Waals surface area contributed by atoms with Gasteiger partial charge in [0.15, 0.2) is 0 Å². The van der Waals surface area contributed by atoms with Crippen LogP contribution in [0.3, 0.4) is 0 Å². The number of benzene rings is 1. The van der Waals surface area contributed by atoms with E-state index in [0.717, 1.165) is 24.0 Å². The number of imidazole rings is 1. The maximum absolute atomic E-state index is 12.4. The maximum atomic E-state index is 12.4. The van der Waals surface area contributed by atoms with Crippen molar-refractivity contribution in [1.82, 2.24) is 14.5 Å². The lowest BCUT2D eigenvalue weighted by molar-refractivity contribution is 0.102. The van der Waals surface area contributed by atoms with E-state index in [1.807, 2.05) is 28.8 Å².